The summed E-state index contributed by atoms with van der Waals surface area (Å²) in [5, 5.41) is 13.5. The molecule has 7 heteroatoms. The summed E-state index contributed by atoms with van der Waals surface area (Å²) in [5.74, 6) is -0.467. The number of carbonyl (C=O) groups excluding carboxylic acids is 1. The van der Waals surface area contributed by atoms with E-state index in [4.69, 9.17) is 11.6 Å². The minimum Gasteiger partial charge on any atom is -0.351 e. The number of hydrogen-bond acceptors (Lipinski definition) is 3. The highest BCUT2D eigenvalue weighted by atomic mass is 35.5. The lowest BCUT2D eigenvalue weighted by Gasteiger charge is -2.03. The predicted molar refractivity (Wildman–Crippen MR) is 66.9 cm³/mol. The van der Waals surface area contributed by atoms with Gasteiger partial charge in [-0.2, -0.15) is 0 Å². The van der Waals surface area contributed by atoms with Gasteiger partial charge in [0.25, 0.3) is 11.6 Å². The molecule has 0 radical (unpaired) electrons. The van der Waals surface area contributed by atoms with Gasteiger partial charge in [-0.05, 0) is 18.2 Å². The molecular weight excluding hydrogens is 258 g/mol. The number of halogens is 1. The molecule has 0 aliphatic carbocycles. The molecule has 0 bridgehead atoms. The zero-order valence-corrected chi connectivity index (χ0v) is 9.77. The molecule has 2 rings (SSSR count). The van der Waals surface area contributed by atoms with E-state index < -0.39 is 10.8 Å². The molecule has 0 aliphatic rings. The fraction of sp³-hybridized carbons (Fsp3) is 0. The van der Waals surface area contributed by atoms with Crippen LogP contribution in [0.5, 0.6) is 0 Å². The van der Waals surface area contributed by atoms with Gasteiger partial charge in [0.05, 0.1) is 11.1 Å². The molecule has 1 aromatic heterocycles. The fourth-order valence-corrected chi connectivity index (χ4v) is 1.57. The number of nitrogens with zero attached hydrogens (tertiary/aromatic N) is 1. The normalized spacial score (nSPS) is 10.1. The molecule has 2 aromatic rings. The molecule has 18 heavy (non-hydrogen) atoms. The van der Waals surface area contributed by atoms with Gasteiger partial charge in [0.15, 0.2) is 0 Å². The number of nitrogens with one attached hydrogen (secondary N) is 2. The third-order valence-electron chi connectivity index (χ3n) is 2.21. The summed E-state index contributed by atoms with van der Waals surface area (Å²) in [5.41, 5.74) is 0.470. The van der Waals surface area contributed by atoms with Gasteiger partial charge >= 0.3 is 0 Å². The predicted octanol–water partition coefficient (Wildman–Crippen LogP) is 2.83. The average Bonchev–Trinajstić information content (AvgIpc) is 2.78. The molecule has 92 valence electrons. The van der Waals surface area contributed by atoms with Gasteiger partial charge in [0.1, 0.15) is 5.69 Å². The van der Waals surface area contributed by atoms with Gasteiger partial charge in [-0.1, -0.05) is 17.7 Å². The second-order valence-electron chi connectivity index (χ2n) is 3.49. The second kappa shape index (κ2) is 4.89. The van der Waals surface area contributed by atoms with Crippen LogP contribution < -0.4 is 5.32 Å². The SMILES string of the molecule is O=C(Nc1cccc(Cl)c1)c1cc([N+](=O)[O-])c[nH]1. The fourth-order valence-electron chi connectivity index (χ4n) is 1.38. The summed E-state index contributed by atoms with van der Waals surface area (Å²) in [6.45, 7) is 0. The van der Waals surface area contributed by atoms with Crippen molar-refractivity contribution in [2.75, 3.05) is 5.32 Å². The quantitative estimate of drug-likeness (QED) is 0.661. The largest absolute Gasteiger partial charge is 0.351 e. The summed E-state index contributed by atoms with van der Waals surface area (Å²) in [7, 11) is 0. The number of nitro groups is 1. The van der Waals surface area contributed by atoms with Crippen LogP contribution >= 0.6 is 11.6 Å². The first-order valence-electron chi connectivity index (χ1n) is 4.96. The lowest BCUT2D eigenvalue weighted by atomic mass is 10.3. The Morgan fingerprint density at radius 1 is 1.39 bits per heavy atom. The number of benzene rings is 1. The highest BCUT2D eigenvalue weighted by molar-refractivity contribution is 6.30. The van der Waals surface area contributed by atoms with Crippen LogP contribution in [0.4, 0.5) is 11.4 Å². The minimum atomic E-state index is -0.577. The maximum atomic E-state index is 11.8. The first-order valence-corrected chi connectivity index (χ1v) is 5.34. The molecule has 0 spiro atoms. The van der Waals surface area contributed by atoms with Crippen LogP contribution in [0.2, 0.25) is 5.02 Å². The maximum absolute atomic E-state index is 11.8. The molecule has 6 nitrogen and oxygen atoms in total. The number of aromatic amines is 1. The minimum absolute atomic E-state index is 0.113. The van der Waals surface area contributed by atoms with Gasteiger partial charge in [0.2, 0.25) is 0 Å². The average molecular weight is 266 g/mol. The van der Waals surface area contributed by atoms with Gasteiger partial charge in [-0.15, -0.1) is 0 Å². The molecule has 0 aliphatic heterocycles. The molecule has 0 atom stereocenters. The first-order chi connectivity index (χ1) is 8.56. The van der Waals surface area contributed by atoms with Crippen molar-refractivity contribution < 1.29 is 9.72 Å². The zero-order valence-electron chi connectivity index (χ0n) is 9.01. The van der Waals surface area contributed by atoms with Crippen LogP contribution in [0.3, 0.4) is 0 Å². The highest BCUT2D eigenvalue weighted by Crippen LogP contribution is 2.17. The smallest absolute Gasteiger partial charge is 0.287 e. The number of hydrogen-bond donors (Lipinski definition) is 2. The van der Waals surface area contributed by atoms with Crippen molar-refractivity contribution in [3.63, 3.8) is 0 Å². The number of anilines is 1. The Balaban J connectivity index is 2.14. The van der Waals surface area contributed by atoms with Crippen LogP contribution in [0.25, 0.3) is 0 Å². The number of carbonyl (C=O) groups is 1. The third-order valence-corrected chi connectivity index (χ3v) is 2.44. The van der Waals surface area contributed by atoms with E-state index in [2.05, 4.69) is 10.3 Å². The number of H-pyrrole nitrogens is 1. The topological polar surface area (TPSA) is 88.0 Å². The number of rotatable bonds is 3. The lowest BCUT2D eigenvalue weighted by molar-refractivity contribution is -0.384. The molecule has 0 saturated carbocycles. The van der Waals surface area contributed by atoms with Crippen molar-refractivity contribution in [1.82, 2.24) is 4.98 Å². The lowest BCUT2D eigenvalue weighted by Crippen LogP contribution is -2.11. The van der Waals surface area contributed by atoms with Gasteiger partial charge in [0, 0.05) is 16.8 Å². The molecule has 0 unspecified atom stereocenters. The maximum Gasteiger partial charge on any atom is 0.287 e. The summed E-state index contributed by atoms with van der Waals surface area (Å²) >= 11 is 5.77. The van der Waals surface area contributed by atoms with Gasteiger partial charge in [-0.25, -0.2) is 0 Å². The number of amides is 1. The summed E-state index contributed by atoms with van der Waals surface area (Å²) in [6, 6.07) is 7.78. The van der Waals surface area contributed by atoms with Gasteiger partial charge < -0.3 is 10.3 Å². The van der Waals surface area contributed by atoms with Crippen molar-refractivity contribution in [2.45, 2.75) is 0 Å². The van der Waals surface area contributed by atoms with E-state index in [0.29, 0.717) is 10.7 Å². The standard InChI is InChI=1S/C11H8ClN3O3/c12-7-2-1-3-8(4-7)14-11(16)10-5-9(6-13-10)15(17)18/h1-6,13H,(H,14,16). The Kier molecular flexibility index (Phi) is 3.29. The summed E-state index contributed by atoms with van der Waals surface area (Å²) in [4.78, 5) is 24.2. The zero-order chi connectivity index (χ0) is 13.1. The Labute approximate surface area is 107 Å². The molecule has 1 aromatic carbocycles. The van der Waals surface area contributed by atoms with Crippen LogP contribution in [-0.4, -0.2) is 15.8 Å². The van der Waals surface area contributed by atoms with E-state index in [0.717, 1.165) is 6.20 Å². The third kappa shape index (κ3) is 2.67. The van der Waals surface area contributed by atoms with Crippen molar-refractivity contribution in [1.29, 1.82) is 0 Å². The highest BCUT2D eigenvalue weighted by Gasteiger charge is 2.14. The molecule has 1 amide bonds. The van der Waals surface area contributed by atoms with Crippen LogP contribution in [0.15, 0.2) is 36.5 Å². The Hall–Kier alpha value is -2.34. The molecule has 0 saturated heterocycles. The monoisotopic (exact) mass is 265 g/mol. The van der Waals surface area contributed by atoms with E-state index in [1.54, 1.807) is 24.3 Å². The van der Waals surface area contributed by atoms with Crippen LogP contribution in [-0.2, 0) is 0 Å². The van der Waals surface area contributed by atoms with E-state index in [9.17, 15) is 14.9 Å². The van der Waals surface area contributed by atoms with Gasteiger partial charge in [-0.3, -0.25) is 14.9 Å². The van der Waals surface area contributed by atoms with Crippen molar-refractivity contribution in [3.05, 3.63) is 57.4 Å². The van der Waals surface area contributed by atoms with Crippen LogP contribution in [0, 0.1) is 10.1 Å². The van der Waals surface area contributed by atoms with E-state index >= 15 is 0 Å². The molecule has 0 fully saturated rings. The summed E-state index contributed by atoms with van der Waals surface area (Å²) < 4.78 is 0. The Morgan fingerprint density at radius 3 is 2.78 bits per heavy atom. The van der Waals surface area contributed by atoms with E-state index in [1.807, 2.05) is 0 Å². The van der Waals surface area contributed by atoms with Crippen LogP contribution in [0.1, 0.15) is 10.5 Å². The second-order valence-corrected chi connectivity index (χ2v) is 3.93. The molecule has 2 N–H and O–H groups in total. The van der Waals surface area contributed by atoms with Crippen molar-refractivity contribution in [3.8, 4) is 0 Å². The van der Waals surface area contributed by atoms with E-state index in [-0.39, 0.29) is 11.4 Å². The Morgan fingerprint density at radius 2 is 2.17 bits per heavy atom. The Bertz CT molecular complexity index is 609. The van der Waals surface area contributed by atoms with Crippen molar-refractivity contribution in [2.24, 2.45) is 0 Å². The number of aromatic nitrogens is 1. The van der Waals surface area contributed by atoms with E-state index in [1.165, 1.54) is 6.07 Å². The first kappa shape index (κ1) is 12.1. The molecular formula is C11H8ClN3O3. The summed E-state index contributed by atoms with van der Waals surface area (Å²) in [6.07, 6.45) is 1.16. The van der Waals surface area contributed by atoms with Crippen molar-refractivity contribution >= 4 is 28.9 Å². The molecule has 1 heterocycles.